The van der Waals surface area contributed by atoms with Crippen LogP contribution in [0.1, 0.15) is 11.1 Å². The molecule has 0 radical (unpaired) electrons. The maximum atomic E-state index is 6.39. The Morgan fingerprint density at radius 1 is 0.477 bits per heavy atom. The second-order valence-corrected chi connectivity index (χ2v) is 11.7. The molecule has 0 N–H and O–H groups in total. The molecule has 44 heavy (non-hydrogen) atoms. The van der Waals surface area contributed by atoms with Crippen LogP contribution in [0.4, 0.5) is 17.1 Å². The van der Waals surface area contributed by atoms with E-state index in [1.807, 2.05) is 0 Å². The molecule has 210 valence electrons. The van der Waals surface area contributed by atoms with Gasteiger partial charge in [-0.15, -0.1) is 0 Å². The molecule has 0 saturated carbocycles. The maximum Gasteiger partial charge on any atom is 0.151 e. The number of hydrogen-bond donors (Lipinski definition) is 0. The van der Waals surface area contributed by atoms with Crippen molar-refractivity contribution >= 4 is 49.8 Å². The van der Waals surface area contributed by atoms with Crippen LogP contribution >= 0.6 is 0 Å². The highest BCUT2D eigenvalue weighted by Gasteiger charge is 2.26. The molecule has 0 saturated heterocycles. The lowest BCUT2D eigenvalue weighted by Crippen LogP contribution is -2.16. The highest BCUT2D eigenvalue weighted by molar-refractivity contribution is 6.21. The van der Waals surface area contributed by atoms with E-state index in [4.69, 9.17) is 4.74 Å². The number of nitrogens with zero attached hydrogens (tertiary/aromatic N) is 3. The summed E-state index contributed by atoms with van der Waals surface area (Å²) in [5, 5.41) is 3.79. The van der Waals surface area contributed by atoms with E-state index in [2.05, 4.69) is 168 Å². The van der Waals surface area contributed by atoms with Crippen molar-refractivity contribution in [3.63, 3.8) is 0 Å². The minimum atomic E-state index is 0.876. The summed E-state index contributed by atoms with van der Waals surface area (Å²) in [7, 11) is 0. The van der Waals surface area contributed by atoms with Gasteiger partial charge in [-0.05, 0) is 110 Å². The summed E-state index contributed by atoms with van der Waals surface area (Å²) < 4.78 is 11.1. The van der Waals surface area contributed by atoms with Crippen molar-refractivity contribution in [3.8, 4) is 22.9 Å². The molecule has 0 fully saturated rings. The van der Waals surface area contributed by atoms with Gasteiger partial charge in [0.1, 0.15) is 0 Å². The zero-order valence-corrected chi connectivity index (χ0v) is 24.5. The Hall–Kier alpha value is -5.74. The molecule has 0 amide bonds. The molecular weight excluding hydrogens is 538 g/mol. The fourth-order valence-electron chi connectivity index (χ4n) is 6.83. The van der Waals surface area contributed by atoms with Crippen molar-refractivity contribution in [2.45, 2.75) is 13.8 Å². The van der Waals surface area contributed by atoms with Gasteiger partial charge in [0.05, 0.1) is 27.9 Å². The summed E-state index contributed by atoms with van der Waals surface area (Å²) in [6.45, 7) is 4.20. The molecule has 0 bridgehead atoms. The highest BCUT2D eigenvalue weighted by Crippen LogP contribution is 2.51. The summed E-state index contributed by atoms with van der Waals surface area (Å²) in [5.74, 6) is 1.75. The van der Waals surface area contributed by atoms with E-state index < -0.39 is 0 Å². The lowest BCUT2D eigenvalue weighted by Gasteiger charge is -2.33. The van der Waals surface area contributed by atoms with E-state index in [0.717, 1.165) is 39.9 Å². The first-order valence-electron chi connectivity index (χ1n) is 15.0. The van der Waals surface area contributed by atoms with Crippen LogP contribution in [0.15, 0.2) is 140 Å². The number of aromatic nitrogens is 2. The van der Waals surface area contributed by atoms with E-state index in [-0.39, 0.29) is 0 Å². The molecule has 6 aromatic carbocycles. The number of rotatable bonds is 3. The van der Waals surface area contributed by atoms with Crippen LogP contribution in [0.2, 0.25) is 0 Å². The summed E-state index contributed by atoms with van der Waals surface area (Å²) in [6, 6.07) is 47.8. The number of benzene rings is 6. The van der Waals surface area contributed by atoms with Crippen LogP contribution in [0.3, 0.4) is 0 Å². The van der Waals surface area contributed by atoms with Gasteiger partial charge in [0.25, 0.3) is 0 Å². The summed E-state index contributed by atoms with van der Waals surface area (Å²) in [4.78, 5) is 2.30. The minimum Gasteiger partial charge on any atom is -0.453 e. The lowest BCUT2D eigenvalue weighted by molar-refractivity contribution is 0.476. The molecule has 2 aromatic heterocycles. The number of hydrogen-bond acceptors (Lipinski definition) is 2. The fraction of sp³-hybridized carbons (Fsp3) is 0.0500. The first kappa shape index (κ1) is 24.8. The van der Waals surface area contributed by atoms with Crippen molar-refractivity contribution in [1.29, 1.82) is 0 Å². The zero-order chi connectivity index (χ0) is 29.4. The van der Waals surface area contributed by atoms with Gasteiger partial charge in [0.2, 0.25) is 0 Å². The zero-order valence-electron chi connectivity index (χ0n) is 24.5. The molecule has 0 unspecified atom stereocenters. The third kappa shape index (κ3) is 3.64. The first-order chi connectivity index (χ1) is 21.6. The van der Waals surface area contributed by atoms with Gasteiger partial charge < -0.3 is 18.8 Å². The van der Waals surface area contributed by atoms with E-state index in [0.29, 0.717) is 0 Å². The number of aryl methyl sites for hydroxylation is 2. The van der Waals surface area contributed by atoms with Crippen molar-refractivity contribution in [2.24, 2.45) is 0 Å². The molecule has 1 aliphatic heterocycles. The molecule has 0 spiro atoms. The third-order valence-corrected chi connectivity index (χ3v) is 8.84. The quantitative estimate of drug-likeness (QED) is 0.212. The molecular formula is C40H29N3O. The summed E-state index contributed by atoms with van der Waals surface area (Å²) in [6.07, 6.45) is 2.18. The van der Waals surface area contributed by atoms with Gasteiger partial charge in [-0.2, -0.15) is 0 Å². The predicted molar refractivity (Wildman–Crippen MR) is 182 cm³/mol. The number of ether oxygens (including phenoxy) is 1. The molecule has 8 aromatic rings. The first-order valence-corrected chi connectivity index (χ1v) is 15.0. The molecule has 0 atom stereocenters. The van der Waals surface area contributed by atoms with Gasteiger partial charge in [0.15, 0.2) is 11.5 Å². The van der Waals surface area contributed by atoms with Gasteiger partial charge in [-0.25, -0.2) is 0 Å². The third-order valence-electron chi connectivity index (χ3n) is 8.84. The topological polar surface area (TPSA) is 22.3 Å². The van der Waals surface area contributed by atoms with E-state index in [9.17, 15) is 0 Å². The molecule has 4 heteroatoms. The van der Waals surface area contributed by atoms with E-state index in [1.54, 1.807) is 0 Å². The number of fused-ring (bicyclic) bond motifs is 7. The second-order valence-electron chi connectivity index (χ2n) is 11.7. The average molecular weight is 568 g/mol. The average Bonchev–Trinajstić information content (AvgIpc) is 3.63. The van der Waals surface area contributed by atoms with E-state index in [1.165, 1.54) is 43.8 Å². The van der Waals surface area contributed by atoms with Crippen LogP contribution in [-0.2, 0) is 0 Å². The Labute approximate surface area is 255 Å². The Morgan fingerprint density at radius 3 is 1.82 bits per heavy atom. The fourth-order valence-corrected chi connectivity index (χ4v) is 6.83. The highest BCUT2D eigenvalue weighted by atomic mass is 16.5. The summed E-state index contributed by atoms with van der Waals surface area (Å²) >= 11 is 0. The minimum absolute atomic E-state index is 0.876. The van der Waals surface area contributed by atoms with Crippen LogP contribution in [0, 0.1) is 13.8 Å². The van der Waals surface area contributed by atoms with Gasteiger partial charge in [-0.3, -0.25) is 0 Å². The van der Waals surface area contributed by atoms with Gasteiger partial charge in [-0.1, -0.05) is 48.5 Å². The van der Waals surface area contributed by atoms with Gasteiger partial charge >= 0.3 is 0 Å². The normalized spacial score (nSPS) is 12.5. The maximum absolute atomic E-state index is 6.39. The standard InChI is InChI=1S/C40H29N3O/c1-26-12-18-35-38(24-26)44-39-25-27(2)13-19-36(39)43(35)30-16-14-29(15-17-30)42-34-11-7-6-10-31(34)40-32-22-23-41(28-8-4-3-5-9-28)33(32)20-21-37(40)42/h3-25H,1-2H3. The monoisotopic (exact) mass is 567 g/mol. The molecule has 1 aliphatic rings. The SMILES string of the molecule is Cc1ccc2c(c1)Oc1cc(C)ccc1N2c1ccc(-n2c3ccccc3c3c4ccn(-c5ccccc5)c4ccc32)cc1. The van der Waals surface area contributed by atoms with Crippen LogP contribution < -0.4 is 9.64 Å². The Kier molecular flexibility index (Phi) is 5.29. The van der Waals surface area contributed by atoms with Crippen molar-refractivity contribution < 1.29 is 4.74 Å². The van der Waals surface area contributed by atoms with Crippen LogP contribution in [0.5, 0.6) is 11.5 Å². The Bertz CT molecular complexity index is 2330. The number of anilines is 3. The largest absolute Gasteiger partial charge is 0.453 e. The summed E-state index contributed by atoms with van der Waals surface area (Å²) in [5.41, 5.74) is 11.4. The predicted octanol–water partition coefficient (Wildman–Crippen LogP) is 10.9. The molecule has 0 aliphatic carbocycles. The van der Waals surface area contributed by atoms with Gasteiger partial charge in [0, 0.05) is 39.4 Å². The van der Waals surface area contributed by atoms with Crippen molar-refractivity contribution in [1.82, 2.24) is 9.13 Å². The molecule has 3 heterocycles. The molecule has 9 rings (SSSR count). The van der Waals surface area contributed by atoms with Crippen molar-refractivity contribution in [2.75, 3.05) is 4.90 Å². The van der Waals surface area contributed by atoms with Crippen LogP contribution in [0.25, 0.3) is 44.1 Å². The Morgan fingerprint density at radius 2 is 1.09 bits per heavy atom. The van der Waals surface area contributed by atoms with Crippen molar-refractivity contribution in [3.05, 3.63) is 151 Å². The van der Waals surface area contributed by atoms with E-state index >= 15 is 0 Å². The smallest absolute Gasteiger partial charge is 0.151 e. The lowest BCUT2D eigenvalue weighted by atomic mass is 10.1. The van der Waals surface area contributed by atoms with Crippen LogP contribution in [-0.4, -0.2) is 9.13 Å². The second kappa shape index (κ2) is 9.38. The Balaban J connectivity index is 1.21. The molecule has 4 nitrogen and oxygen atoms in total. The number of para-hydroxylation sites is 2.